The molecule has 3 N–H and O–H groups in total. The summed E-state index contributed by atoms with van der Waals surface area (Å²) in [6, 6.07) is 13.1. The zero-order chi connectivity index (χ0) is 22.6. The Bertz CT molecular complexity index is 1100. The standard InChI is InChI=1S/C21H23N3O5S2/c1-2-3-11-31(28,29)24(17-6-4-5-16(12-17)19(22)25)13-14-7-9-15(10-8-14)18-20(26)23-21(27)30-18/h4-10,12,18H,2-3,11,13H2,1H3,(H2,22,25)(H,23,26,27). The number of primary amides is 1. The molecule has 1 fully saturated rings. The lowest BCUT2D eigenvalue weighted by atomic mass is 10.1. The summed E-state index contributed by atoms with van der Waals surface area (Å²) in [5.74, 6) is -1.03. The van der Waals surface area contributed by atoms with E-state index in [1.165, 1.54) is 16.4 Å². The molecule has 0 saturated carbocycles. The van der Waals surface area contributed by atoms with Gasteiger partial charge in [-0.05, 0) is 47.5 Å². The number of carbonyl (C=O) groups excluding carboxylic acids is 3. The molecule has 1 atom stereocenters. The van der Waals surface area contributed by atoms with E-state index in [0.717, 1.165) is 18.2 Å². The molecule has 0 radical (unpaired) electrons. The van der Waals surface area contributed by atoms with Crippen LogP contribution in [0.15, 0.2) is 48.5 Å². The number of nitrogens with zero attached hydrogens (tertiary/aromatic N) is 1. The molecule has 1 unspecified atom stereocenters. The van der Waals surface area contributed by atoms with Gasteiger partial charge in [0.25, 0.3) is 5.24 Å². The molecule has 1 aliphatic rings. The molecule has 8 nitrogen and oxygen atoms in total. The average Bonchev–Trinajstić information content (AvgIpc) is 3.08. The first-order valence-electron chi connectivity index (χ1n) is 9.72. The maximum Gasteiger partial charge on any atom is 0.286 e. The largest absolute Gasteiger partial charge is 0.366 e. The zero-order valence-electron chi connectivity index (χ0n) is 16.9. The predicted octanol–water partition coefficient (Wildman–Crippen LogP) is 2.95. The van der Waals surface area contributed by atoms with Gasteiger partial charge in [-0.3, -0.25) is 24.0 Å². The van der Waals surface area contributed by atoms with Crippen LogP contribution in [0.5, 0.6) is 0 Å². The molecule has 164 valence electrons. The third-order valence-corrected chi connectivity index (χ3v) is 7.66. The van der Waals surface area contributed by atoms with Crippen LogP contribution < -0.4 is 15.4 Å². The average molecular weight is 462 g/mol. The summed E-state index contributed by atoms with van der Waals surface area (Å²) in [4.78, 5) is 34.8. The van der Waals surface area contributed by atoms with E-state index in [4.69, 9.17) is 5.73 Å². The number of thioether (sulfide) groups is 1. The van der Waals surface area contributed by atoms with E-state index < -0.39 is 21.2 Å². The molecule has 10 heteroatoms. The molecule has 31 heavy (non-hydrogen) atoms. The fourth-order valence-corrected chi connectivity index (χ4v) is 5.63. The van der Waals surface area contributed by atoms with Crippen LogP contribution in [-0.2, 0) is 21.4 Å². The molecule has 0 bridgehead atoms. The highest BCUT2D eigenvalue weighted by atomic mass is 32.2. The topological polar surface area (TPSA) is 127 Å². The summed E-state index contributed by atoms with van der Waals surface area (Å²) < 4.78 is 27.4. The highest BCUT2D eigenvalue weighted by Gasteiger charge is 2.32. The van der Waals surface area contributed by atoms with Crippen LogP contribution in [0.2, 0.25) is 0 Å². The van der Waals surface area contributed by atoms with Crippen molar-refractivity contribution in [1.82, 2.24) is 5.32 Å². The van der Waals surface area contributed by atoms with Crippen LogP contribution in [0, 0.1) is 0 Å². The molecular weight excluding hydrogens is 438 g/mol. The van der Waals surface area contributed by atoms with Crippen LogP contribution in [0.3, 0.4) is 0 Å². The van der Waals surface area contributed by atoms with Gasteiger partial charge in [-0.2, -0.15) is 0 Å². The highest BCUT2D eigenvalue weighted by Crippen LogP contribution is 2.34. The molecule has 0 aromatic heterocycles. The fourth-order valence-electron chi connectivity index (χ4n) is 3.14. The Balaban J connectivity index is 1.90. The molecular formula is C21H23N3O5S2. The lowest BCUT2D eigenvalue weighted by Crippen LogP contribution is -2.33. The fraction of sp³-hybridized carbons (Fsp3) is 0.286. The van der Waals surface area contributed by atoms with Crippen molar-refractivity contribution in [2.45, 2.75) is 31.6 Å². The van der Waals surface area contributed by atoms with Gasteiger partial charge in [0.1, 0.15) is 5.25 Å². The van der Waals surface area contributed by atoms with Gasteiger partial charge >= 0.3 is 0 Å². The Morgan fingerprint density at radius 2 is 1.87 bits per heavy atom. The minimum absolute atomic E-state index is 0.0244. The highest BCUT2D eigenvalue weighted by molar-refractivity contribution is 8.15. The minimum atomic E-state index is -3.65. The number of anilines is 1. The Labute approximate surface area is 185 Å². The monoisotopic (exact) mass is 461 g/mol. The molecule has 1 aliphatic heterocycles. The Hall–Kier alpha value is -2.85. The number of sulfonamides is 1. The number of rotatable bonds is 9. The number of hydrogen-bond acceptors (Lipinski definition) is 6. The van der Waals surface area contributed by atoms with E-state index in [-0.39, 0.29) is 29.0 Å². The quantitative estimate of drug-likeness (QED) is 0.591. The molecule has 2 aromatic rings. The van der Waals surface area contributed by atoms with E-state index >= 15 is 0 Å². The van der Waals surface area contributed by atoms with Gasteiger partial charge in [-0.15, -0.1) is 0 Å². The molecule has 1 saturated heterocycles. The SMILES string of the molecule is CCCCS(=O)(=O)N(Cc1ccc(C2SC(=O)NC2=O)cc1)c1cccc(C(N)=O)c1. The van der Waals surface area contributed by atoms with E-state index in [2.05, 4.69) is 5.32 Å². The summed E-state index contributed by atoms with van der Waals surface area (Å²) in [5.41, 5.74) is 7.29. The number of imide groups is 1. The van der Waals surface area contributed by atoms with Gasteiger partial charge in [0.15, 0.2) is 0 Å². The van der Waals surface area contributed by atoms with Gasteiger partial charge in [-0.25, -0.2) is 8.42 Å². The molecule has 3 amide bonds. The van der Waals surface area contributed by atoms with Crippen molar-refractivity contribution in [2.75, 3.05) is 10.1 Å². The van der Waals surface area contributed by atoms with E-state index in [9.17, 15) is 22.8 Å². The Kier molecular flexibility index (Phi) is 7.01. The second-order valence-corrected chi connectivity index (χ2v) is 10.2. The maximum atomic E-state index is 13.0. The van der Waals surface area contributed by atoms with Crippen molar-refractivity contribution < 1.29 is 22.8 Å². The van der Waals surface area contributed by atoms with Crippen molar-refractivity contribution in [3.63, 3.8) is 0 Å². The number of carbonyl (C=O) groups is 3. The predicted molar refractivity (Wildman–Crippen MR) is 120 cm³/mol. The van der Waals surface area contributed by atoms with Crippen LogP contribution >= 0.6 is 11.8 Å². The van der Waals surface area contributed by atoms with Crippen molar-refractivity contribution in [3.05, 3.63) is 65.2 Å². The summed E-state index contributed by atoms with van der Waals surface area (Å²) in [7, 11) is -3.65. The number of unbranched alkanes of at least 4 members (excludes halogenated alkanes) is 1. The van der Waals surface area contributed by atoms with Gasteiger partial charge in [0.05, 0.1) is 18.0 Å². The zero-order valence-corrected chi connectivity index (χ0v) is 18.5. The lowest BCUT2D eigenvalue weighted by Gasteiger charge is -2.25. The molecule has 1 heterocycles. The Morgan fingerprint density at radius 1 is 1.16 bits per heavy atom. The van der Waals surface area contributed by atoms with Crippen molar-refractivity contribution >= 4 is 44.5 Å². The van der Waals surface area contributed by atoms with Crippen LogP contribution in [-0.4, -0.2) is 31.2 Å². The molecule has 2 aromatic carbocycles. The number of nitrogens with two attached hydrogens (primary N) is 1. The second-order valence-electron chi connectivity index (χ2n) is 7.11. The van der Waals surface area contributed by atoms with E-state index in [1.54, 1.807) is 36.4 Å². The number of hydrogen-bond donors (Lipinski definition) is 2. The second kappa shape index (κ2) is 9.52. The van der Waals surface area contributed by atoms with E-state index in [0.29, 0.717) is 23.2 Å². The van der Waals surface area contributed by atoms with Crippen molar-refractivity contribution in [3.8, 4) is 0 Å². The van der Waals surface area contributed by atoms with E-state index in [1.807, 2.05) is 6.92 Å². The number of benzene rings is 2. The number of nitrogens with one attached hydrogen (secondary N) is 1. The smallest absolute Gasteiger partial charge is 0.286 e. The van der Waals surface area contributed by atoms with Crippen molar-refractivity contribution in [2.24, 2.45) is 5.73 Å². The number of amides is 3. The third-order valence-electron chi connectivity index (χ3n) is 4.81. The van der Waals surface area contributed by atoms with Crippen LogP contribution in [0.4, 0.5) is 10.5 Å². The first-order valence-corrected chi connectivity index (χ1v) is 12.2. The summed E-state index contributed by atoms with van der Waals surface area (Å²) in [5, 5.41) is 1.25. The Morgan fingerprint density at radius 3 is 2.45 bits per heavy atom. The van der Waals surface area contributed by atoms with Gasteiger partial charge < -0.3 is 5.73 Å². The van der Waals surface area contributed by atoms with Gasteiger partial charge in [-0.1, -0.05) is 43.7 Å². The summed E-state index contributed by atoms with van der Waals surface area (Å²) in [6.07, 6.45) is 1.23. The molecule has 3 rings (SSSR count). The first-order chi connectivity index (χ1) is 14.7. The van der Waals surface area contributed by atoms with Crippen LogP contribution in [0.25, 0.3) is 0 Å². The van der Waals surface area contributed by atoms with Gasteiger partial charge in [0, 0.05) is 5.56 Å². The van der Waals surface area contributed by atoms with Crippen molar-refractivity contribution in [1.29, 1.82) is 0 Å². The first kappa shape index (κ1) is 22.8. The summed E-state index contributed by atoms with van der Waals surface area (Å²) in [6.45, 7) is 1.96. The van der Waals surface area contributed by atoms with Crippen LogP contribution in [0.1, 0.15) is 46.5 Å². The molecule has 0 aliphatic carbocycles. The maximum absolute atomic E-state index is 13.0. The summed E-state index contributed by atoms with van der Waals surface area (Å²) >= 11 is 0.911. The minimum Gasteiger partial charge on any atom is -0.366 e. The lowest BCUT2D eigenvalue weighted by molar-refractivity contribution is -0.119. The third kappa shape index (κ3) is 5.45. The van der Waals surface area contributed by atoms with Gasteiger partial charge in [0.2, 0.25) is 21.8 Å². The molecule has 0 spiro atoms. The normalized spacial score (nSPS) is 16.2.